The van der Waals surface area contributed by atoms with Crippen molar-refractivity contribution in [3.8, 4) is 0 Å². The van der Waals surface area contributed by atoms with E-state index in [1.165, 1.54) is 11.1 Å². The Morgan fingerprint density at radius 2 is 1.22 bits per heavy atom. The Hall–Kier alpha value is -0.832. The molecule has 0 saturated heterocycles. The summed E-state index contributed by atoms with van der Waals surface area (Å²) in [7, 11) is 13.8. The summed E-state index contributed by atoms with van der Waals surface area (Å²) >= 11 is -0.472. The molecule has 7 heteroatoms. The monoisotopic (exact) mass is 533 g/mol. The van der Waals surface area contributed by atoms with Crippen LogP contribution in [-0.4, -0.2) is 33.7 Å². The summed E-state index contributed by atoms with van der Waals surface area (Å²) in [6.45, 7) is 6.02. The minimum atomic E-state index is -0.472. The maximum absolute atomic E-state index is 4.88. The zero-order valence-corrected chi connectivity index (χ0v) is 16.8. The first-order valence-electron chi connectivity index (χ1n) is 7.03. The molecule has 0 amide bonds. The van der Waals surface area contributed by atoms with Gasteiger partial charge in [-0.05, 0) is 50.0 Å². The third-order valence-corrected chi connectivity index (χ3v) is 3.47. The molecule has 0 fully saturated rings. The second kappa shape index (κ2) is 9.46. The van der Waals surface area contributed by atoms with Crippen molar-refractivity contribution in [3.63, 3.8) is 0 Å². The Morgan fingerprint density at radius 1 is 0.826 bits per heavy atom. The van der Waals surface area contributed by atoms with Crippen molar-refractivity contribution in [2.75, 3.05) is 14.1 Å². The van der Waals surface area contributed by atoms with E-state index < -0.39 is 16.5 Å². The van der Waals surface area contributed by atoms with Crippen molar-refractivity contribution in [3.05, 3.63) is 73.5 Å². The van der Waals surface area contributed by atoms with Gasteiger partial charge in [-0.1, -0.05) is 24.3 Å². The van der Waals surface area contributed by atoms with Crippen LogP contribution in [0.25, 0.3) is 0 Å². The fourth-order valence-electron chi connectivity index (χ4n) is 2.45. The fraction of sp³-hybridized carbons (Fsp3) is 0.250. The van der Waals surface area contributed by atoms with Gasteiger partial charge >= 0.3 is 35.3 Å². The number of benzene rings is 1. The average molecular weight is 534 g/mol. The van der Waals surface area contributed by atoms with E-state index in [2.05, 4.69) is 82.0 Å². The number of nitrogens with zero attached hydrogens (tertiary/aromatic N) is 4. The van der Waals surface area contributed by atoms with Crippen LogP contribution >= 0.6 is 18.8 Å². The Balaban J connectivity index is 0.000000595. The fourth-order valence-corrected chi connectivity index (χ4v) is 2.45. The van der Waals surface area contributed by atoms with Gasteiger partial charge in [0.2, 0.25) is 0 Å². The van der Waals surface area contributed by atoms with E-state index in [9.17, 15) is 0 Å². The Kier molecular flexibility index (Phi) is 7.61. The Labute approximate surface area is 155 Å². The number of hydrogen-bond acceptors (Lipinski definition) is 4. The van der Waals surface area contributed by atoms with Crippen LogP contribution in [0.5, 0.6) is 0 Å². The quantitative estimate of drug-likeness (QED) is 0.546. The first kappa shape index (κ1) is 18.5. The van der Waals surface area contributed by atoms with E-state index in [-0.39, 0.29) is 0 Å². The normalized spacial score (nSPS) is 16.3. The SMILES string of the molecule is CN1C=CN(Cc2ccccc2CN2C=CN(C)[CH-]2)[CH-]1.[Cl][Pt+2][Cl]. The molecule has 4 nitrogen and oxygen atoms in total. The first-order valence-corrected chi connectivity index (χ1v) is 12.7. The van der Waals surface area contributed by atoms with Crippen molar-refractivity contribution < 1.29 is 16.5 Å². The third-order valence-electron chi connectivity index (χ3n) is 3.47. The van der Waals surface area contributed by atoms with Crippen LogP contribution in [0.2, 0.25) is 0 Å². The Morgan fingerprint density at radius 3 is 1.52 bits per heavy atom. The van der Waals surface area contributed by atoms with Gasteiger partial charge in [0.1, 0.15) is 0 Å². The van der Waals surface area contributed by atoms with Gasteiger partial charge in [0.05, 0.1) is 0 Å². The van der Waals surface area contributed by atoms with Gasteiger partial charge in [-0.15, -0.1) is 0 Å². The molecule has 0 N–H and O–H groups in total. The minimum absolute atomic E-state index is 0.472. The summed E-state index contributed by atoms with van der Waals surface area (Å²) in [6, 6.07) is 8.63. The van der Waals surface area contributed by atoms with Crippen molar-refractivity contribution in [2.24, 2.45) is 0 Å². The van der Waals surface area contributed by atoms with Crippen LogP contribution < -0.4 is 0 Å². The van der Waals surface area contributed by atoms with E-state index in [1.54, 1.807) is 0 Å². The molecule has 3 rings (SSSR count). The molecular weight excluding hydrogens is 514 g/mol. The molecule has 0 bridgehead atoms. The van der Waals surface area contributed by atoms with Gasteiger partial charge < -0.3 is 19.6 Å². The van der Waals surface area contributed by atoms with Crippen LogP contribution in [-0.2, 0) is 29.6 Å². The molecule has 0 saturated carbocycles. The van der Waals surface area contributed by atoms with Crippen molar-refractivity contribution in [2.45, 2.75) is 13.1 Å². The van der Waals surface area contributed by atoms with Gasteiger partial charge in [-0.3, -0.25) is 0 Å². The molecule has 2 aliphatic heterocycles. The Bertz CT molecular complexity index is 506. The van der Waals surface area contributed by atoms with E-state index in [0.717, 1.165) is 13.1 Å². The summed E-state index contributed by atoms with van der Waals surface area (Å²) in [5, 5.41) is 0. The molecule has 0 spiro atoms. The summed E-state index contributed by atoms with van der Waals surface area (Å²) < 4.78 is 0. The zero-order chi connectivity index (χ0) is 16.7. The predicted molar refractivity (Wildman–Crippen MR) is 91.6 cm³/mol. The molecule has 0 radical (unpaired) electrons. The van der Waals surface area contributed by atoms with E-state index in [4.69, 9.17) is 18.8 Å². The number of halogens is 2. The molecular formula is C16H20Cl2N4Pt. The van der Waals surface area contributed by atoms with Gasteiger partial charge in [0, 0.05) is 13.1 Å². The molecule has 2 aliphatic rings. The molecule has 0 unspecified atom stereocenters. The van der Waals surface area contributed by atoms with Gasteiger partial charge in [-0.2, -0.15) is 13.3 Å². The molecule has 0 aliphatic carbocycles. The standard InChI is InChI=1S/C16H20N4.2ClH.Pt/c1-17-7-9-19(13-17)11-15-5-3-4-6-16(15)12-20-10-8-18(2)14-20;;;/h3-10,13-14H,11-12H2,1-2H3;2*1H;/q-2;;;+4/p-2. The molecule has 1 aromatic rings. The predicted octanol–water partition coefficient (Wildman–Crippen LogP) is 3.74. The van der Waals surface area contributed by atoms with E-state index in [0.29, 0.717) is 0 Å². The van der Waals surface area contributed by atoms with Crippen molar-refractivity contribution in [1.82, 2.24) is 19.6 Å². The van der Waals surface area contributed by atoms with Crippen LogP contribution in [0.1, 0.15) is 11.1 Å². The van der Waals surface area contributed by atoms with Crippen LogP contribution in [0.4, 0.5) is 0 Å². The molecule has 128 valence electrons. The van der Waals surface area contributed by atoms with Gasteiger partial charge in [0.25, 0.3) is 0 Å². The first-order chi connectivity index (χ1) is 11.1. The molecule has 0 atom stereocenters. The second-order valence-electron chi connectivity index (χ2n) is 5.32. The van der Waals surface area contributed by atoms with Gasteiger partial charge in [-0.25, -0.2) is 0 Å². The van der Waals surface area contributed by atoms with E-state index in [1.807, 2.05) is 14.1 Å². The van der Waals surface area contributed by atoms with Crippen molar-refractivity contribution >= 4 is 18.8 Å². The second-order valence-corrected chi connectivity index (χ2v) is 8.60. The van der Waals surface area contributed by atoms with Crippen LogP contribution in [0, 0.1) is 13.3 Å². The number of hydrogen-bond donors (Lipinski definition) is 0. The van der Waals surface area contributed by atoms with Gasteiger partial charge in [0.15, 0.2) is 0 Å². The zero-order valence-electron chi connectivity index (χ0n) is 13.0. The summed E-state index contributed by atoms with van der Waals surface area (Å²) in [5.74, 6) is 0. The topological polar surface area (TPSA) is 13.0 Å². The maximum atomic E-state index is 4.88. The molecule has 23 heavy (non-hydrogen) atoms. The molecule has 0 aromatic heterocycles. The number of rotatable bonds is 4. The van der Waals surface area contributed by atoms with Crippen LogP contribution in [0.15, 0.2) is 49.1 Å². The molecule has 1 aromatic carbocycles. The van der Waals surface area contributed by atoms with Crippen molar-refractivity contribution in [1.29, 1.82) is 0 Å². The van der Waals surface area contributed by atoms with E-state index >= 15 is 0 Å². The molecule has 2 heterocycles. The third kappa shape index (κ3) is 5.95. The average Bonchev–Trinajstić information content (AvgIpc) is 3.11. The van der Waals surface area contributed by atoms with Crippen LogP contribution in [0.3, 0.4) is 0 Å². The summed E-state index contributed by atoms with van der Waals surface area (Å²) in [4.78, 5) is 8.53. The summed E-state index contributed by atoms with van der Waals surface area (Å²) in [6.07, 6.45) is 8.34. The summed E-state index contributed by atoms with van der Waals surface area (Å²) in [5.41, 5.74) is 2.72.